The maximum atomic E-state index is 13.6. The number of ketones is 1. The van der Waals surface area contributed by atoms with Gasteiger partial charge in [0.15, 0.2) is 5.78 Å². The second-order valence-electron chi connectivity index (χ2n) is 7.82. The van der Waals surface area contributed by atoms with Gasteiger partial charge in [-0.3, -0.25) is 4.79 Å². The number of rotatable bonds is 2. The number of hydrogen-bond donors (Lipinski definition) is 0. The van der Waals surface area contributed by atoms with Crippen LogP contribution in [0.15, 0.2) is 48.0 Å². The van der Waals surface area contributed by atoms with E-state index in [0.29, 0.717) is 10.6 Å². The summed E-state index contributed by atoms with van der Waals surface area (Å²) in [5.74, 6) is -0.317. The molecule has 0 saturated carbocycles. The van der Waals surface area contributed by atoms with Crippen molar-refractivity contribution in [2.45, 2.75) is 45.1 Å². The van der Waals surface area contributed by atoms with Crippen LogP contribution in [0.4, 0.5) is 13.2 Å². The maximum absolute atomic E-state index is 13.6. The molecular weight excluding hydrogens is 389 g/mol. The molecule has 0 N–H and O–H groups in total. The summed E-state index contributed by atoms with van der Waals surface area (Å²) >= 11 is 5.89. The summed E-state index contributed by atoms with van der Waals surface area (Å²) in [7, 11) is 0. The Labute approximate surface area is 167 Å². The summed E-state index contributed by atoms with van der Waals surface area (Å²) in [6, 6.07) is 10.7. The number of carbonyl (C=O) groups is 1. The van der Waals surface area contributed by atoms with Crippen LogP contribution in [0, 0.1) is 0 Å². The van der Waals surface area contributed by atoms with E-state index in [9.17, 15) is 18.0 Å². The van der Waals surface area contributed by atoms with Gasteiger partial charge in [0.25, 0.3) is 0 Å². The Hall–Kier alpha value is -2.11. The van der Waals surface area contributed by atoms with Crippen molar-refractivity contribution in [2.24, 2.45) is 0 Å². The van der Waals surface area contributed by atoms with Crippen LogP contribution in [0.1, 0.15) is 38.8 Å². The number of ether oxygens (including phenoxy) is 1. The first-order valence-electron chi connectivity index (χ1n) is 8.76. The first-order chi connectivity index (χ1) is 12.8. The van der Waals surface area contributed by atoms with Crippen LogP contribution >= 0.6 is 11.6 Å². The molecule has 1 saturated heterocycles. The molecule has 0 bridgehead atoms. The maximum Gasteiger partial charge on any atom is 0.416 e. The van der Waals surface area contributed by atoms with Gasteiger partial charge in [-0.25, -0.2) is 0 Å². The van der Waals surface area contributed by atoms with Crippen molar-refractivity contribution in [2.75, 3.05) is 0 Å². The van der Waals surface area contributed by atoms with E-state index in [2.05, 4.69) is 0 Å². The van der Waals surface area contributed by atoms with E-state index in [1.807, 2.05) is 0 Å². The summed E-state index contributed by atoms with van der Waals surface area (Å²) in [6.45, 7) is 6.60. The minimum absolute atomic E-state index is 0.0716. The molecule has 148 valence electrons. The smallest absolute Gasteiger partial charge is 0.357 e. The van der Waals surface area contributed by atoms with Crippen LogP contribution in [0.3, 0.4) is 0 Å². The van der Waals surface area contributed by atoms with Crippen LogP contribution in [0.25, 0.3) is 17.2 Å². The molecule has 28 heavy (non-hydrogen) atoms. The van der Waals surface area contributed by atoms with Gasteiger partial charge in [0, 0.05) is 10.6 Å². The zero-order valence-corrected chi connectivity index (χ0v) is 16.7. The van der Waals surface area contributed by atoms with Crippen LogP contribution < -0.4 is 0 Å². The largest absolute Gasteiger partial charge is 0.416 e. The molecule has 1 heterocycles. The highest BCUT2D eigenvalue weighted by atomic mass is 35.5. The third kappa shape index (κ3) is 3.87. The number of hydrogen-bond acceptors (Lipinski definition) is 2. The molecular formula is C22H20ClF3O2. The summed E-state index contributed by atoms with van der Waals surface area (Å²) < 4.78 is 46.5. The second kappa shape index (κ2) is 6.75. The van der Waals surface area contributed by atoms with Gasteiger partial charge >= 0.3 is 6.18 Å². The van der Waals surface area contributed by atoms with Crippen molar-refractivity contribution in [3.05, 3.63) is 64.2 Å². The molecule has 0 aromatic heterocycles. The van der Waals surface area contributed by atoms with Gasteiger partial charge in [-0.1, -0.05) is 29.8 Å². The molecule has 2 aromatic carbocycles. The number of halogens is 4. The molecule has 1 aliphatic heterocycles. The van der Waals surface area contributed by atoms with Gasteiger partial charge in [0.1, 0.15) is 5.60 Å². The SMILES string of the molecule is CC1(C)OC(C)(C)C(=Cc2cc(-c3ccc(Cl)cc3)ccc2C(F)(F)F)C1=O. The second-order valence-corrected chi connectivity index (χ2v) is 8.25. The fourth-order valence-corrected chi connectivity index (χ4v) is 3.62. The van der Waals surface area contributed by atoms with Crippen molar-refractivity contribution in [3.8, 4) is 11.1 Å². The highest BCUT2D eigenvalue weighted by molar-refractivity contribution is 6.30. The molecule has 6 heteroatoms. The third-order valence-corrected chi connectivity index (χ3v) is 5.04. The number of Topliss-reactive ketones (excluding diaryl/α,β-unsaturated/α-hetero) is 1. The average Bonchev–Trinajstić information content (AvgIpc) is 2.72. The minimum Gasteiger partial charge on any atom is -0.357 e. The van der Waals surface area contributed by atoms with Gasteiger partial charge in [0.2, 0.25) is 0 Å². The lowest BCUT2D eigenvalue weighted by atomic mass is 9.89. The monoisotopic (exact) mass is 408 g/mol. The molecule has 0 spiro atoms. The fourth-order valence-electron chi connectivity index (χ4n) is 3.49. The molecule has 0 unspecified atom stereocenters. The van der Waals surface area contributed by atoms with Gasteiger partial charge in [-0.15, -0.1) is 0 Å². The summed E-state index contributed by atoms with van der Waals surface area (Å²) in [5.41, 5.74) is -1.40. The lowest BCUT2D eigenvalue weighted by Gasteiger charge is -2.22. The Balaban J connectivity index is 2.19. The summed E-state index contributed by atoms with van der Waals surface area (Å²) in [5, 5.41) is 0.538. The van der Waals surface area contributed by atoms with Gasteiger partial charge in [0.05, 0.1) is 11.2 Å². The molecule has 1 aliphatic rings. The van der Waals surface area contributed by atoms with E-state index in [0.717, 1.165) is 11.6 Å². The quantitative estimate of drug-likeness (QED) is 0.525. The Morgan fingerprint density at radius 3 is 2.00 bits per heavy atom. The predicted octanol–water partition coefficient (Wildman–Crippen LogP) is 6.57. The van der Waals surface area contributed by atoms with Crippen molar-refractivity contribution in [3.63, 3.8) is 0 Å². The van der Waals surface area contributed by atoms with E-state index in [1.54, 1.807) is 52.0 Å². The number of benzene rings is 2. The molecule has 0 atom stereocenters. The van der Waals surface area contributed by atoms with Crippen molar-refractivity contribution >= 4 is 23.5 Å². The summed E-state index contributed by atoms with van der Waals surface area (Å²) in [4.78, 5) is 12.7. The molecule has 0 aliphatic carbocycles. The topological polar surface area (TPSA) is 26.3 Å². The minimum atomic E-state index is -4.55. The van der Waals surface area contributed by atoms with Gasteiger partial charge < -0.3 is 4.74 Å². The lowest BCUT2D eigenvalue weighted by Crippen LogP contribution is -2.29. The Morgan fingerprint density at radius 2 is 1.50 bits per heavy atom. The third-order valence-electron chi connectivity index (χ3n) is 4.78. The molecule has 0 amide bonds. The van der Waals surface area contributed by atoms with Crippen LogP contribution in [-0.2, 0) is 15.7 Å². The normalized spacial score (nSPS) is 20.0. The average molecular weight is 409 g/mol. The molecule has 1 fully saturated rings. The predicted molar refractivity (Wildman–Crippen MR) is 104 cm³/mol. The first kappa shape index (κ1) is 20.6. The van der Waals surface area contributed by atoms with E-state index >= 15 is 0 Å². The van der Waals surface area contributed by atoms with Crippen molar-refractivity contribution < 1.29 is 22.7 Å². The zero-order valence-electron chi connectivity index (χ0n) is 15.9. The van der Waals surface area contributed by atoms with Crippen molar-refractivity contribution in [1.29, 1.82) is 0 Å². The van der Waals surface area contributed by atoms with E-state index in [4.69, 9.17) is 16.3 Å². The van der Waals surface area contributed by atoms with Gasteiger partial charge in [-0.2, -0.15) is 13.2 Å². The van der Waals surface area contributed by atoms with E-state index in [1.165, 1.54) is 18.2 Å². The lowest BCUT2D eigenvalue weighted by molar-refractivity contribution is -0.137. The number of alkyl halides is 3. The van der Waals surface area contributed by atoms with E-state index < -0.39 is 22.9 Å². The van der Waals surface area contributed by atoms with Crippen LogP contribution in [0.5, 0.6) is 0 Å². The zero-order chi connectivity index (χ0) is 20.9. The Bertz CT molecular complexity index is 955. The van der Waals surface area contributed by atoms with E-state index in [-0.39, 0.29) is 16.9 Å². The van der Waals surface area contributed by atoms with Crippen LogP contribution in [-0.4, -0.2) is 17.0 Å². The highest BCUT2D eigenvalue weighted by Gasteiger charge is 2.49. The number of carbonyl (C=O) groups excluding carboxylic acids is 1. The van der Waals surface area contributed by atoms with Crippen molar-refractivity contribution in [1.82, 2.24) is 0 Å². The standard InChI is InChI=1S/C22H20ClF3O2/c1-20(2)18(19(27)21(3,4)28-20)12-15-11-14(7-10-17(15)22(24,25)26)13-5-8-16(23)9-6-13/h5-12H,1-4H3. The fraction of sp³-hybridized carbons (Fsp3) is 0.318. The Kier molecular flexibility index (Phi) is 4.97. The molecule has 2 aromatic rings. The van der Waals surface area contributed by atoms with Gasteiger partial charge in [-0.05, 0) is 74.7 Å². The van der Waals surface area contributed by atoms with Crippen LogP contribution in [0.2, 0.25) is 5.02 Å². The molecule has 3 rings (SSSR count). The highest BCUT2D eigenvalue weighted by Crippen LogP contribution is 2.42. The molecule has 2 nitrogen and oxygen atoms in total. The summed E-state index contributed by atoms with van der Waals surface area (Å²) in [6.07, 6.45) is -3.24. The Morgan fingerprint density at radius 1 is 0.929 bits per heavy atom. The molecule has 0 radical (unpaired) electrons. The first-order valence-corrected chi connectivity index (χ1v) is 9.13.